The molecule has 3 heterocycles. The second-order valence-corrected chi connectivity index (χ2v) is 11.5. The fourth-order valence-corrected chi connectivity index (χ4v) is 5.94. The van der Waals surface area contributed by atoms with E-state index in [9.17, 15) is 18.0 Å². The van der Waals surface area contributed by atoms with Crippen LogP contribution in [0.2, 0.25) is 0 Å². The highest BCUT2D eigenvalue weighted by molar-refractivity contribution is 7.85. The van der Waals surface area contributed by atoms with Crippen LogP contribution in [0.15, 0.2) is 29.2 Å². The first-order chi connectivity index (χ1) is 18.1. The van der Waals surface area contributed by atoms with Gasteiger partial charge in [0.25, 0.3) is 10.1 Å². The molecule has 11 heteroatoms. The lowest BCUT2D eigenvalue weighted by Gasteiger charge is -2.50. The van der Waals surface area contributed by atoms with Crippen molar-refractivity contribution >= 4 is 22.1 Å². The molecular formula is C27H41NO9S. The van der Waals surface area contributed by atoms with Gasteiger partial charge in [0.15, 0.2) is 0 Å². The van der Waals surface area contributed by atoms with Gasteiger partial charge < -0.3 is 18.9 Å². The molecule has 1 N–H and O–H groups in total. The minimum atomic E-state index is -4.02. The van der Waals surface area contributed by atoms with Crippen molar-refractivity contribution in [2.24, 2.45) is 5.92 Å². The zero-order valence-corrected chi connectivity index (χ0v) is 23.4. The summed E-state index contributed by atoms with van der Waals surface area (Å²) in [5.41, 5.74) is 0.956. The molecule has 3 aliphatic rings. The van der Waals surface area contributed by atoms with Crippen molar-refractivity contribution < 1.29 is 41.5 Å². The van der Waals surface area contributed by atoms with Crippen molar-refractivity contribution in [3.8, 4) is 0 Å². The van der Waals surface area contributed by atoms with Crippen LogP contribution < -0.4 is 0 Å². The molecule has 1 aromatic rings. The standard InChI is InChI=1S/C20H33NO6.C7H8O3S/c1-3-25-19(22)13-21-15-9-14(20(23)26-4-2)10-16(21)12-18(11-15)27-17-5-7-24-8-6-17;1-6-2-4-7(5-3-6)11(8,9)10/h14-18H,3-13H2,1-2H3;2-5H,1H3,(H,8,9,10). The fourth-order valence-electron chi connectivity index (χ4n) is 5.46. The Morgan fingerprint density at radius 2 is 1.53 bits per heavy atom. The van der Waals surface area contributed by atoms with Crippen LogP contribution in [0.4, 0.5) is 0 Å². The Labute approximate surface area is 225 Å². The van der Waals surface area contributed by atoms with Crippen molar-refractivity contribution in [2.45, 2.75) is 88.5 Å². The molecule has 0 aromatic heterocycles. The summed E-state index contributed by atoms with van der Waals surface area (Å²) in [6, 6.07) is 6.30. The number of fused-ring (bicyclic) bond motifs is 2. The van der Waals surface area contributed by atoms with Crippen molar-refractivity contribution in [3.63, 3.8) is 0 Å². The van der Waals surface area contributed by atoms with Crippen LogP contribution in [0.1, 0.15) is 57.9 Å². The number of nitrogens with zero attached hydrogens (tertiary/aromatic N) is 1. The highest BCUT2D eigenvalue weighted by Crippen LogP contribution is 2.39. The quantitative estimate of drug-likeness (QED) is 0.377. The summed E-state index contributed by atoms with van der Waals surface area (Å²) >= 11 is 0. The topological polar surface area (TPSA) is 129 Å². The van der Waals surface area contributed by atoms with Gasteiger partial charge in [-0.05, 0) is 71.4 Å². The molecule has 0 amide bonds. The summed E-state index contributed by atoms with van der Waals surface area (Å²) in [5.74, 6) is -0.375. The van der Waals surface area contributed by atoms with Crippen LogP contribution >= 0.6 is 0 Å². The van der Waals surface area contributed by atoms with E-state index in [0.717, 1.165) is 57.3 Å². The number of benzene rings is 1. The van der Waals surface area contributed by atoms with Crippen LogP contribution in [0, 0.1) is 12.8 Å². The summed E-state index contributed by atoms with van der Waals surface area (Å²) < 4.78 is 51.8. The van der Waals surface area contributed by atoms with Crippen LogP contribution in [-0.4, -0.2) is 87.1 Å². The largest absolute Gasteiger partial charge is 0.466 e. The average Bonchev–Trinajstić information content (AvgIpc) is 2.85. The lowest BCUT2D eigenvalue weighted by atomic mass is 9.77. The van der Waals surface area contributed by atoms with Gasteiger partial charge in [-0.3, -0.25) is 19.0 Å². The summed E-state index contributed by atoms with van der Waals surface area (Å²) in [5, 5.41) is 0. The van der Waals surface area contributed by atoms with E-state index in [0.29, 0.717) is 19.8 Å². The molecule has 3 saturated heterocycles. The summed E-state index contributed by atoms with van der Waals surface area (Å²) in [6.45, 7) is 8.14. The summed E-state index contributed by atoms with van der Waals surface area (Å²) in [7, 11) is -4.02. The summed E-state index contributed by atoms with van der Waals surface area (Å²) in [6.07, 6.45) is 5.50. The number of esters is 2. The maximum absolute atomic E-state index is 12.3. The van der Waals surface area contributed by atoms with Crippen LogP contribution in [-0.2, 0) is 38.7 Å². The molecule has 214 valence electrons. The van der Waals surface area contributed by atoms with Gasteiger partial charge in [0.2, 0.25) is 0 Å². The van der Waals surface area contributed by atoms with Gasteiger partial charge in [-0.1, -0.05) is 17.7 Å². The van der Waals surface area contributed by atoms with Gasteiger partial charge >= 0.3 is 11.9 Å². The molecular weight excluding hydrogens is 514 g/mol. The number of carbonyl (C=O) groups is 2. The highest BCUT2D eigenvalue weighted by atomic mass is 32.2. The Balaban J connectivity index is 0.000000304. The van der Waals surface area contributed by atoms with Crippen molar-refractivity contribution in [3.05, 3.63) is 29.8 Å². The van der Waals surface area contributed by atoms with Crippen LogP contribution in [0.25, 0.3) is 0 Å². The maximum Gasteiger partial charge on any atom is 0.320 e. The minimum absolute atomic E-state index is 0.0666. The molecule has 0 radical (unpaired) electrons. The molecule has 3 aliphatic heterocycles. The highest BCUT2D eigenvalue weighted by Gasteiger charge is 2.45. The Hall–Kier alpha value is -2.05. The predicted octanol–water partition coefficient (Wildman–Crippen LogP) is 3.16. The first-order valence-electron chi connectivity index (χ1n) is 13.5. The predicted molar refractivity (Wildman–Crippen MR) is 139 cm³/mol. The minimum Gasteiger partial charge on any atom is -0.466 e. The van der Waals surface area contributed by atoms with Gasteiger partial charge in [-0.15, -0.1) is 0 Å². The van der Waals surface area contributed by atoms with Crippen LogP contribution in [0.3, 0.4) is 0 Å². The van der Waals surface area contributed by atoms with Crippen LogP contribution in [0.5, 0.6) is 0 Å². The van der Waals surface area contributed by atoms with Crippen molar-refractivity contribution in [1.29, 1.82) is 0 Å². The van der Waals surface area contributed by atoms with E-state index in [-0.39, 0.29) is 47.0 Å². The third-order valence-corrected chi connectivity index (χ3v) is 8.10. The molecule has 3 fully saturated rings. The SMILES string of the molecule is CCOC(=O)CN1C2CC(OC3CCOCC3)CC1CC(C(=O)OCC)C2.Cc1ccc(S(=O)(=O)O)cc1. The van der Waals surface area contributed by atoms with E-state index in [1.165, 1.54) is 12.1 Å². The summed E-state index contributed by atoms with van der Waals surface area (Å²) in [4.78, 5) is 26.5. The average molecular weight is 556 g/mol. The van der Waals surface area contributed by atoms with E-state index in [1.54, 1.807) is 12.1 Å². The zero-order chi connectivity index (χ0) is 27.7. The molecule has 2 bridgehead atoms. The molecule has 4 rings (SSSR count). The third kappa shape index (κ3) is 9.01. The van der Waals surface area contributed by atoms with E-state index < -0.39 is 10.1 Å². The number of piperidine rings is 2. The lowest BCUT2D eigenvalue weighted by Crippen LogP contribution is -2.58. The van der Waals surface area contributed by atoms with Gasteiger partial charge in [-0.25, -0.2) is 0 Å². The molecule has 0 saturated carbocycles. The van der Waals surface area contributed by atoms with E-state index in [4.69, 9.17) is 23.5 Å². The van der Waals surface area contributed by atoms with Gasteiger partial charge in [0.1, 0.15) is 0 Å². The number of ether oxygens (including phenoxy) is 4. The monoisotopic (exact) mass is 555 g/mol. The number of rotatable bonds is 8. The van der Waals surface area contributed by atoms with Gasteiger partial charge in [0.05, 0.1) is 42.8 Å². The van der Waals surface area contributed by atoms with Gasteiger partial charge in [0, 0.05) is 25.3 Å². The Morgan fingerprint density at radius 1 is 0.947 bits per heavy atom. The van der Waals surface area contributed by atoms with E-state index in [2.05, 4.69) is 4.90 Å². The second-order valence-electron chi connectivity index (χ2n) is 10.0. The number of aryl methyl sites for hydroxylation is 1. The molecule has 2 atom stereocenters. The normalized spacial score (nSPS) is 26.1. The smallest absolute Gasteiger partial charge is 0.320 e. The molecule has 38 heavy (non-hydrogen) atoms. The van der Waals surface area contributed by atoms with E-state index in [1.807, 2.05) is 20.8 Å². The Morgan fingerprint density at radius 3 is 2.05 bits per heavy atom. The Kier molecular flexibility index (Phi) is 11.5. The molecule has 1 aromatic carbocycles. The zero-order valence-electron chi connectivity index (χ0n) is 22.5. The Bertz CT molecular complexity index is 992. The van der Waals surface area contributed by atoms with E-state index >= 15 is 0 Å². The van der Waals surface area contributed by atoms with Crippen molar-refractivity contribution in [1.82, 2.24) is 4.90 Å². The third-order valence-electron chi connectivity index (χ3n) is 7.23. The lowest BCUT2D eigenvalue weighted by molar-refractivity contribution is -0.161. The van der Waals surface area contributed by atoms with Crippen molar-refractivity contribution in [2.75, 3.05) is 33.0 Å². The first kappa shape index (κ1) is 30.5. The number of hydrogen-bond donors (Lipinski definition) is 1. The fraction of sp³-hybridized carbons (Fsp3) is 0.704. The maximum atomic E-state index is 12.3. The molecule has 0 aliphatic carbocycles. The first-order valence-corrected chi connectivity index (χ1v) is 14.9. The second kappa shape index (κ2) is 14.4. The molecule has 0 spiro atoms. The molecule has 10 nitrogen and oxygen atoms in total. The number of carbonyl (C=O) groups excluding carboxylic acids is 2. The molecule has 2 unspecified atom stereocenters. The van der Waals surface area contributed by atoms with Gasteiger partial charge in [-0.2, -0.15) is 8.42 Å². The number of hydrogen-bond acceptors (Lipinski definition) is 9.